The van der Waals surface area contributed by atoms with E-state index in [0.29, 0.717) is 27.7 Å². The fraction of sp³-hybridized carbons (Fsp3) is 0.400. The van der Waals surface area contributed by atoms with Crippen LogP contribution in [0.5, 0.6) is 11.5 Å². The van der Waals surface area contributed by atoms with Crippen LogP contribution in [0.15, 0.2) is 82.9 Å². The third kappa shape index (κ3) is 4.77. The van der Waals surface area contributed by atoms with Crippen molar-refractivity contribution < 1.29 is 29.0 Å². The van der Waals surface area contributed by atoms with E-state index in [0.717, 1.165) is 48.2 Å². The number of aryl methyl sites for hydroxylation is 1. The van der Waals surface area contributed by atoms with Crippen molar-refractivity contribution in [3.63, 3.8) is 0 Å². The number of anilines is 1. The highest BCUT2D eigenvalue weighted by atomic mass is 79.9. The number of phenols is 1. The number of rotatable bonds is 6. The van der Waals surface area contributed by atoms with Crippen LogP contribution in [-0.4, -0.2) is 51.8 Å². The number of ether oxygens (including phenoxy) is 1. The second-order valence-corrected chi connectivity index (χ2v) is 15.4. The fourth-order valence-corrected chi connectivity index (χ4v) is 10.2. The van der Waals surface area contributed by atoms with Gasteiger partial charge in [-0.2, -0.15) is 5.01 Å². The lowest BCUT2D eigenvalue weighted by Crippen LogP contribution is -2.53. The number of methoxy groups -OCH3 is 1. The highest BCUT2D eigenvalue weighted by molar-refractivity contribution is 9.10. The van der Waals surface area contributed by atoms with Crippen LogP contribution in [0.25, 0.3) is 0 Å². The average Bonchev–Trinajstić information content (AvgIpc) is 3.51. The number of carbonyl (C=O) groups is 4. The SMILES string of the molecule is COc1cc(Br)cc(C2C3=CCC4C(=O)N(C5CCCCC5)C(=O)C4C3CC3C(=O)N(Nc4ccc(C)cc4)C(=O)C32c2ccccc2)c1O. The maximum Gasteiger partial charge on any atom is 0.260 e. The number of benzene rings is 3. The highest BCUT2D eigenvalue weighted by Crippen LogP contribution is 2.65. The van der Waals surface area contributed by atoms with Crippen LogP contribution in [-0.2, 0) is 24.6 Å². The molecule has 9 nitrogen and oxygen atoms in total. The van der Waals surface area contributed by atoms with E-state index in [9.17, 15) is 19.5 Å². The standard InChI is InChI=1S/C40H40BrN3O6/c1-22-13-15-25(16-14-22)42-44-37(47)31-21-29-27(17-18-28-33(29)38(48)43(36(28)46)26-11-7-4-8-12-26)34(30-19-24(41)20-32(50-2)35(30)45)40(31,39(44)49)23-9-5-3-6-10-23/h3,5-6,9-10,13-17,19-20,26,28-29,31,33-34,42,45H,4,7-8,11-12,18,21H2,1-2H3. The number of hydrogen-bond acceptors (Lipinski definition) is 7. The van der Waals surface area contributed by atoms with Crippen LogP contribution in [0.1, 0.15) is 67.6 Å². The van der Waals surface area contributed by atoms with Gasteiger partial charge in [0, 0.05) is 22.0 Å². The number of imide groups is 2. The van der Waals surface area contributed by atoms with Gasteiger partial charge in [-0.15, -0.1) is 0 Å². The summed E-state index contributed by atoms with van der Waals surface area (Å²) in [4.78, 5) is 60.3. The molecule has 10 heteroatoms. The Kier molecular flexibility index (Phi) is 8.12. The van der Waals surface area contributed by atoms with Crippen molar-refractivity contribution in [2.24, 2.45) is 23.7 Å². The zero-order valence-electron chi connectivity index (χ0n) is 28.1. The van der Waals surface area contributed by atoms with Gasteiger partial charge in [0.05, 0.1) is 36.0 Å². The van der Waals surface area contributed by atoms with E-state index in [4.69, 9.17) is 4.74 Å². The number of fused-ring (bicyclic) bond motifs is 4. The first-order chi connectivity index (χ1) is 24.2. The molecule has 6 unspecified atom stereocenters. The number of hydrazine groups is 1. The van der Waals surface area contributed by atoms with Gasteiger partial charge < -0.3 is 9.84 Å². The summed E-state index contributed by atoms with van der Waals surface area (Å²) in [6.07, 6.45) is 7.25. The number of nitrogens with one attached hydrogen (secondary N) is 1. The van der Waals surface area contributed by atoms with E-state index >= 15 is 4.79 Å². The minimum absolute atomic E-state index is 0.108. The Labute approximate surface area is 299 Å². The third-order valence-electron chi connectivity index (χ3n) is 12.0. The number of phenolic OH excluding ortho intramolecular Hbond substituents is 1. The Bertz CT molecular complexity index is 1920. The van der Waals surface area contributed by atoms with E-state index < -0.39 is 46.8 Å². The van der Waals surface area contributed by atoms with Gasteiger partial charge in [-0.05, 0) is 68.4 Å². The molecule has 0 radical (unpaired) electrons. The molecule has 2 N–H and O–H groups in total. The molecule has 2 heterocycles. The van der Waals surface area contributed by atoms with Gasteiger partial charge in [-0.3, -0.25) is 29.5 Å². The second-order valence-electron chi connectivity index (χ2n) is 14.5. The van der Waals surface area contributed by atoms with Crippen molar-refractivity contribution in [3.8, 4) is 11.5 Å². The second kappa shape index (κ2) is 12.4. The molecule has 2 saturated carbocycles. The van der Waals surface area contributed by atoms with Crippen LogP contribution >= 0.6 is 15.9 Å². The lowest BCUT2D eigenvalue weighted by Gasteiger charge is -2.50. The minimum atomic E-state index is -1.48. The zero-order chi connectivity index (χ0) is 34.9. The maximum atomic E-state index is 15.3. The summed E-state index contributed by atoms with van der Waals surface area (Å²) in [6, 6.07) is 20.1. The number of likely N-dealkylation sites (tertiary alicyclic amines) is 1. The van der Waals surface area contributed by atoms with E-state index in [-0.39, 0.29) is 35.8 Å². The summed E-state index contributed by atoms with van der Waals surface area (Å²) in [5, 5.41) is 13.0. The predicted molar refractivity (Wildman–Crippen MR) is 190 cm³/mol. The van der Waals surface area contributed by atoms with E-state index in [2.05, 4.69) is 21.4 Å². The van der Waals surface area contributed by atoms with Crippen molar-refractivity contribution in [3.05, 3.63) is 99.5 Å². The molecular formula is C40H40BrN3O6. The van der Waals surface area contributed by atoms with Crippen LogP contribution in [0.3, 0.4) is 0 Å². The number of hydrogen-bond donors (Lipinski definition) is 2. The molecule has 3 aromatic carbocycles. The molecule has 3 aromatic rings. The zero-order valence-corrected chi connectivity index (χ0v) is 29.7. The fourth-order valence-electron chi connectivity index (χ4n) is 9.79. The van der Waals surface area contributed by atoms with Crippen molar-refractivity contribution in [2.45, 2.75) is 69.2 Å². The molecule has 0 aromatic heterocycles. The van der Waals surface area contributed by atoms with Crippen molar-refractivity contribution in [2.75, 3.05) is 12.5 Å². The first kappa shape index (κ1) is 32.7. The van der Waals surface area contributed by atoms with Gasteiger partial charge in [0.2, 0.25) is 11.8 Å². The topological polar surface area (TPSA) is 116 Å². The Morgan fingerprint density at radius 3 is 2.32 bits per heavy atom. The van der Waals surface area contributed by atoms with Gasteiger partial charge in [-0.1, -0.05) is 94.9 Å². The lowest BCUT2D eigenvalue weighted by molar-refractivity contribution is -0.144. The molecule has 4 fully saturated rings. The monoisotopic (exact) mass is 737 g/mol. The Morgan fingerprint density at radius 2 is 1.62 bits per heavy atom. The normalized spacial score (nSPS) is 29.4. The summed E-state index contributed by atoms with van der Waals surface area (Å²) in [5.74, 6) is -4.50. The molecule has 6 atom stereocenters. The predicted octanol–water partition coefficient (Wildman–Crippen LogP) is 6.79. The van der Waals surface area contributed by atoms with Crippen molar-refractivity contribution in [1.29, 1.82) is 0 Å². The summed E-state index contributed by atoms with van der Waals surface area (Å²) in [7, 11) is 1.47. The minimum Gasteiger partial charge on any atom is -0.504 e. The molecular weight excluding hydrogens is 698 g/mol. The van der Waals surface area contributed by atoms with Gasteiger partial charge in [0.15, 0.2) is 11.5 Å². The Morgan fingerprint density at radius 1 is 0.900 bits per heavy atom. The van der Waals surface area contributed by atoms with Crippen LogP contribution in [0.2, 0.25) is 0 Å². The molecule has 4 amide bonds. The Hall–Kier alpha value is -4.44. The van der Waals surface area contributed by atoms with Gasteiger partial charge in [0.25, 0.3) is 11.8 Å². The van der Waals surface area contributed by atoms with Gasteiger partial charge in [-0.25, -0.2) is 0 Å². The lowest BCUT2D eigenvalue weighted by atomic mass is 9.49. The molecule has 2 saturated heterocycles. The summed E-state index contributed by atoms with van der Waals surface area (Å²) in [6.45, 7) is 1.96. The quantitative estimate of drug-likeness (QED) is 0.212. The first-order valence-electron chi connectivity index (χ1n) is 17.6. The number of allylic oxidation sites excluding steroid dienone is 2. The van der Waals surface area contributed by atoms with E-state index in [1.807, 2.05) is 67.6 Å². The molecule has 2 aliphatic heterocycles. The van der Waals surface area contributed by atoms with Gasteiger partial charge >= 0.3 is 0 Å². The van der Waals surface area contributed by atoms with E-state index in [1.54, 1.807) is 17.0 Å². The van der Waals surface area contributed by atoms with Crippen LogP contribution < -0.4 is 10.2 Å². The average molecular weight is 739 g/mol. The summed E-state index contributed by atoms with van der Waals surface area (Å²) in [5.41, 5.74) is 5.11. The first-order valence-corrected chi connectivity index (χ1v) is 18.4. The molecule has 8 rings (SSSR count). The third-order valence-corrected chi connectivity index (χ3v) is 12.4. The number of carbonyl (C=O) groups excluding carboxylic acids is 4. The molecule has 50 heavy (non-hydrogen) atoms. The Balaban J connectivity index is 1.34. The highest BCUT2D eigenvalue weighted by Gasteiger charge is 2.71. The maximum absolute atomic E-state index is 15.3. The smallest absolute Gasteiger partial charge is 0.260 e. The van der Waals surface area contributed by atoms with Gasteiger partial charge in [0.1, 0.15) is 0 Å². The largest absolute Gasteiger partial charge is 0.504 e. The molecule has 258 valence electrons. The van der Waals surface area contributed by atoms with Crippen LogP contribution in [0, 0.1) is 30.6 Å². The van der Waals surface area contributed by atoms with E-state index in [1.165, 1.54) is 7.11 Å². The molecule has 3 aliphatic carbocycles. The number of halogens is 1. The van der Waals surface area contributed by atoms with Crippen molar-refractivity contribution in [1.82, 2.24) is 9.91 Å². The number of amides is 4. The van der Waals surface area contributed by atoms with Crippen LogP contribution in [0.4, 0.5) is 5.69 Å². The van der Waals surface area contributed by atoms with Crippen molar-refractivity contribution >= 4 is 45.2 Å². The summed E-state index contributed by atoms with van der Waals surface area (Å²) >= 11 is 3.60. The summed E-state index contributed by atoms with van der Waals surface area (Å²) < 4.78 is 6.23. The molecule has 0 bridgehead atoms. The molecule has 0 spiro atoms. The number of nitrogens with zero attached hydrogens (tertiary/aromatic N) is 2. The molecule has 5 aliphatic rings. The number of aromatic hydroxyl groups is 1.